The van der Waals surface area contributed by atoms with Crippen LogP contribution in [0.4, 0.5) is 5.69 Å². The summed E-state index contributed by atoms with van der Waals surface area (Å²) in [4.78, 5) is 29.2. The van der Waals surface area contributed by atoms with Crippen molar-refractivity contribution in [2.24, 2.45) is 0 Å². The van der Waals surface area contributed by atoms with Gasteiger partial charge in [0.05, 0.1) is 10.6 Å². The molecule has 0 radical (unpaired) electrons. The van der Waals surface area contributed by atoms with Gasteiger partial charge in [-0.2, -0.15) is 0 Å². The molecule has 7 nitrogen and oxygen atoms in total. The molecule has 1 N–H and O–H groups in total. The quantitative estimate of drug-likeness (QED) is 0.242. The standard InChI is InChI=1S/C31H34Cl3N3O4S/c1-3-29(31(39)35-25-8-4-5-9-25)36(19-22-11-12-24(33)18-28(22)34)30(38)20-37(26-10-6-7-21(2)17-26)42(40,41)27-15-13-23(32)14-16-27/h6-7,10-18,25,29H,3-5,8-9,19-20H2,1-2H3,(H,35,39)/t29-/m1/s1. The van der Waals surface area contributed by atoms with E-state index in [1.54, 1.807) is 36.4 Å². The maximum absolute atomic E-state index is 14.2. The Morgan fingerprint density at radius 2 is 1.62 bits per heavy atom. The van der Waals surface area contributed by atoms with Gasteiger partial charge in [-0.3, -0.25) is 13.9 Å². The predicted octanol–water partition coefficient (Wildman–Crippen LogP) is 7.02. The summed E-state index contributed by atoms with van der Waals surface area (Å²) in [6, 6.07) is 16.8. The SMILES string of the molecule is CC[C@H](C(=O)NC1CCCC1)N(Cc1ccc(Cl)cc1Cl)C(=O)CN(c1cccc(C)c1)S(=O)(=O)c1ccc(Cl)cc1. The van der Waals surface area contributed by atoms with Crippen LogP contribution in [-0.2, 0) is 26.2 Å². The molecule has 0 aromatic heterocycles. The van der Waals surface area contributed by atoms with Gasteiger partial charge in [0.25, 0.3) is 10.0 Å². The Bertz CT molecular complexity index is 1530. The van der Waals surface area contributed by atoms with Crippen LogP contribution in [0.3, 0.4) is 0 Å². The zero-order chi connectivity index (χ0) is 30.4. The molecular formula is C31H34Cl3N3O4S. The number of amides is 2. The number of anilines is 1. The van der Waals surface area contributed by atoms with Gasteiger partial charge in [-0.15, -0.1) is 0 Å². The van der Waals surface area contributed by atoms with Crippen molar-refractivity contribution in [3.05, 3.63) is 92.9 Å². The summed E-state index contributed by atoms with van der Waals surface area (Å²) in [6.07, 6.45) is 4.18. The van der Waals surface area contributed by atoms with Gasteiger partial charge in [0.2, 0.25) is 11.8 Å². The van der Waals surface area contributed by atoms with Crippen LogP contribution in [0.25, 0.3) is 0 Å². The number of nitrogens with one attached hydrogen (secondary N) is 1. The van der Waals surface area contributed by atoms with E-state index in [0.717, 1.165) is 35.6 Å². The summed E-state index contributed by atoms with van der Waals surface area (Å²) in [6.45, 7) is 3.13. The Labute approximate surface area is 262 Å². The van der Waals surface area contributed by atoms with Crippen LogP contribution in [0.2, 0.25) is 15.1 Å². The zero-order valence-electron chi connectivity index (χ0n) is 23.5. The molecule has 1 aliphatic carbocycles. The molecule has 3 aromatic carbocycles. The molecule has 0 unspecified atom stereocenters. The van der Waals surface area contributed by atoms with Crippen molar-refractivity contribution >= 4 is 62.3 Å². The molecule has 1 saturated carbocycles. The van der Waals surface area contributed by atoms with Gasteiger partial charge < -0.3 is 10.2 Å². The summed E-state index contributed by atoms with van der Waals surface area (Å²) >= 11 is 18.6. The van der Waals surface area contributed by atoms with Gasteiger partial charge >= 0.3 is 0 Å². The van der Waals surface area contributed by atoms with E-state index in [1.165, 1.54) is 29.2 Å². The minimum atomic E-state index is -4.19. The maximum Gasteiger partial charge on any atom is 0.264 e. The van der Waals surface area contributed by atoms with E-state index in [2.05, 4.69) is 5.32 Å². The van der Waals surface area contributed by atoms with Crippen molar-refractivity contribution in [1.82, 2.24) is 10.2 Å². The first-order valence-electron chi connectivity index (χ1n) is 13.9. The van der Waals surface area contributed by atoms with E-state index in [0.29, 0.717) is 32.7 Å². The predicted molar refractivity (Wildman–Crippen MR) is 169 cm³/mol. The van der Waals surface area contributed by atoms with Crippen LogP contribution in [0.5, 0.6) is 0 Å². The Hall–Kier alpha value is -2.78. The van der Waals surface area contributed by atoms with Crippen LogP contribution < -0.4 is 9.62 Å². The van der Waals surface area contributed by atoms with Crippen LogP contribution in [0.15, 0.2) is 71.6 Å². The van der Waals surface area contributed by atoms with E-state index in [9.17, 15) is 18.0 Å². The lowest BCUT2D eigenvalue weighted by Crippen LogP contribution is -2.53. The van der Waals surface area contributed by atoms with Crippen LogP contribution in [0.1, 0.15) is 50.2 Å². The molecule has 0 saturated heterocycles. The molecule has 0 spiro atoms. The fourth-order valence-corrected chi connectivity index (χ4v) is 7.17. The Balaban J connectivity index is 1.73. The smallest absolute Gasteiger partial charge is 0.264 e. The van der Waals surface area contributed by atoms with Crippen molar-refractivity contribution in [3.8, 4) is 0 Å². The average molecular weight is 651 g/mol. The van der Waals surface area contributed by atoms with E-state index < -0.39 is 28.5 Å². The van der Waals surface area contributed by atoms with Gasteiger partial charge in [-0.25, -0.2) is 8.42 Å². The van der Waals surface area contributed by atoms with E-state index in [1.807, 2.05) is 19.9 Å². The normalized spacial score (nSPS) is 14.4. The topological polar surface area (TPSA) is 86.8 Å². The van der Waals surface area contributed by atoms with Crippen LogP contribution in [-0.4, -0.2) is 43.8 Å². The van der Waals surface area contributed by atoms with Crippen molar-refractivity contribution < 1.29 is 18.0 Å². The molecular weight excluding hydrogens is 617 g/mol. The maximum atomic E-state index is 14.2. The largest absolute Gasteiger partial charge is 0.352 e. The number of aryl methyl sites for hydroxylation is 1. The number of hydrogen-bond acceptors (Lipinski definition) is 4. The summed E-state index contributed by atoms with van der Waals surface area (Å²) in [7, 11) is -4.19. The number of hydrogen-bond donors (Lipinski definition) is 1. The van der Waals surface area contributed by atoms with Gasteiger partial charge in [-0.05, 0) is 85.8 Å². The minimum Gasteiger partial charge on any atom is -0.352 e. The van der Waals surface area contributed by atoms with Crippen molar-refractivity contribution in [2.75, 3.05) is 10.8 Å². The second-order valence-electron chi connectivity index (χ2n) is 10.5. The lowest BCUT2D eigenvalue weighted by molar-refractivity contribution is -0.140. The molecule has 3 aromatic rings. The lowest BCUT2D eigenvalue weighted by Gasteiger charge is -2.34. The Kier molecular flexibility index (Phi) is 10.8. The summed E-state index contributed by atoms with van der Waals surface area (Å²) in [5.74, 6) is -0.820. The fourth-order valence-electron chi connectivity index (χ4n) is 5.17. The summed E-state index contributed by atoms with van der Waals surface area (Å²) < 4.78 is 29.0. The molecule has 1 aliphatic rings. The van der Waals surface area contributed by atoms with Gasteiger partial charge in [0, 0.05) is 27.7 Å². The monoisotopic (exact) mass is 649 g/mol. The highest BCUT2D eigenvalue weighted by atomic mass is 35.5. The first-order valence-corrected chi connectivity index (χ1v) is 16.5. The van der Waals surface area contributed by atoms with Crippen molar-refractivity contribution in [3.63, 3.8) is 0 Å². The highest BCUT2D eigenvalue weighted by Gasteiger charge is 2.35. The first kappa shape index (κ1) is 32.1. The molecule has 2 amide bonds. The molecule has 1 atom stereocenters. The number of rotatable bonds is 11. The second kappa shape index (κ2) is 14.1. The van der Waals surface area contributed by atoms with Crippen molar-refractivity contribution in [2.45, 2.75) is 69.5 Å². The molecule has 0 heterocycles. The Morgan fingerprint density at radius 3 is 2.24 bits per heavy atom. The van der Waals surface area contributed by atoms with E-state index in [-0.39, 0.29) is 23.4 Å². The molecule has 4 rings (SSSR count). The van der Waals surface area contributed by atoms with Crippen molar-refractivity contribution in [1.29, 1.82) is 0 Å². The fraction of sp³-hybridized carbons (Fsp3) is 0.355. The van der Waals surface area contributed by atoms with Gasteiger partial charge in [0.15, 0.2) is 0 Å². The average Bonchev–Trinajstić information content (AvgIpc) is 3.45. The highest BCUT2D eigenvalue weighted by molar-refractivity contribution is 7.92. The zero-order valence-corrected chi connectivity index (χ0v) is 26.6. The number of nitrogens with zero attached hydrogens (tertiary/aromatic N) is 2. The number of halogens is 3. The molecule has 0 aliphatic heterocycles. The van der Waals surface area contributed by atoms with E-state index >= 15 is 0 Å². The third-order valence-electron chi connectivity index (χ3n) is 7.41. The third-order valence-corrected chi connectivity index (χ3v) is 10.0. The third kappa shape index (κ3) is 7.78. The minimum absolute atomic E-state index is 0.00587. The molecule has 42 heavy (non-hydrogen) atoms. The molecule has 224 valence electrons. The lowest BCUT2D eigenvalue weighted by atomic mass is 10.1. The van der Waals surface area contributed by atoms with Crippen LogP contribution in [0, 0.1) is 6.92 Å². The highest BCUT2D eigenvalue weighted by Crippen LogP contribution is 2.28. The van der Waals surface area contributed by atoms with Gasteiger partial charge in [0.1, 0.15) is 12.6 Å². The van der Waals surface area contributed by atoms with E-state index in [4.69, 9.17) is 34.8 Å². The molecule has 0 bridgehead atoms. The second-order valence-corrected chi connectivity index (χ2v) is 13.6. The summed E-state index contributed by atoms with van der Waals surface area (Å²) in [5, 5.41) is 4.26. The molecule has 1 fully saturated rings. The number of carbonyl (C=O) groups excluding carboxylic acids is 2. The molecule has 11 heteroatoms. The Morgan fingerprint density at radius 1 is 0.952 bits per heavy atom. The van der Waals surface area contributed by atoms with Gasteiger partial charge in [-0.1, -0.05) is 72.8 Å². The number of benzene rings is 3. The van der Waals surface area contributed by atoms with Crippen LogP contribution >= 0.6 is 34.8 Å². The number of carbonyl (C=O) groups is 2. The summed E-state index contributed by atoms with van der Waals surface area (Å²) in [5.41, 5.74) is 1.74. The number of sulfonamides is 1. The first-order chi connectivity index (χ1) is 20.0.